The second kappa shape index (κ2) is 13.2. The van der Waals surface area contributed by atoms with E-state index in [1.54, 1.807) is 17.6 Å². The van der Waals surface area contributed by atoms with Crippen molar-refractivity contribution in [1.82, 2.24) is 4.57 Å². The molecule has 1 atom stereocenters. The lowest BCUT2D eigenvalue weighted by Crippen LogP contribution is -2.40. The van der Waals surface area contributed by atoms with Gasteiger partial charge in [0, 0.05) is 15.7 Å². The number of hydrogen-bond acceptors (Lipinski definition) is 6. The molecule has 0 bridgehead atoms. The average molecular weight is 756 g/mol. The molecule has 4 aromatic rings. The van der Waals surface area contributed by atoms with Crippen molar-refractivity contribution >= 4 is 67.5 Å². The van der Waals surface area contributed by atoms with Crippen molar-refractivity contribution in [1.29, 1.82) is 0 Å². The van der Waals surface area contributed by atoms with Gasteiger partial charge in [0.05, 0.1) is 32.0 Å². The predicted molar refractivity (Wildman–Crippen MR) is 179 cm³/mol. The van der Waals surface area contributed by atoms with Gasteiger partial charge in [-0.1, -0.05) is 70.3 Å². The molecular formula is C32H27BrIN3O4S. The van der Waals surface area contributed by atoms with Crippen molar-refractivity contribution < 1.29 is 14.3 Å². The van der Waals surface area contributed by atoms with Gasteiger partial charge in [-0.25, -0.2) is 4.99 Å². The van der Waals surface area contributed by atoms with Gasteiger partial charge in [-0.2, -0.15) is 0 Å². The Labute approximate surface area is 269 Å². The summed E-state index contributed by atoms with van der Waals surface area (Å²) in [6, 6.07) is 19.9. The number of amides is 1. The van der Waals surface area contributed by atoms with Crippen LogP contribution in [0.15, 0.2) is 105 Å². The highest BCUT2D eigenvalue weighted by molar-refractivity contribution is 14.1. The topological polar surface area (TPSA) is 81.9 Å². The highest BCUT2D eigenvalue weighted by atomic mass is 127. The van der Waals surface area contributed by atoms with Crippen molar-refractivity contribution in [2.24, 2.45) is 4.99 Å². The first-order chi connectivity index (χ1) is 20.3. The first-order valence-electron chi connectivity index (χ1n) is 13.1. The molecule has 0 spiro atoms. The van der Waals surface area contributed by atoms with Crippen LogP contribution in [0.4, 0.5) is 5.69 Å². The standard InChI is InChI=1S/C32H27BrIN3O4S/c1-4-15-41-29-21(16-22(33)18-25(29)34)17-26-31(39)37-28(20-11-13-24(14-12-20)40-5-2)27(19(3)35-32(37)42-26)30(38)36-23-9-7-6-8-10-23/h4,6-14,16-18,28H,1,5,15H2,2-3H3,(H,36,38)/b26-17-/t28-/m0/s1. The number of hydrogen-bond donors (Lipinski definition) is 1. The van der Waals surface area contributed by atoms with Gasteiger partial charge < -0.3 is 14.8 Å². The van der Waals surface area contributed by atoms with Crippen LogP contribution in [0.25, 0.3) is 6.08 Å². The summed E-state index contributed by atoms with van der Waals surface area (Å²) in [5, 5.41) is 2.98. The minimum atomic E-state index is -0.693. The van der Waals surface area contributed by atoms with Gasteiger partial charge in [0.2, 0.25) is 0 Å². The average Bonchev–Trinajstić information content (AvgIpc) is 3.27. The highest BCUT2D eigenvalue weighted by Crippen LogP contribution is 2.33. The Morgan fingerprint density at radius 3 is 2.60 bits per heavy atom. The van der Waals surface area contributed by atoms with E-state index in [0.29, 0.717) is 51.0 Å². The molecule has 1 aromatic heterocycles. The van der Waals surface area contributed by atoms with E-state index in [2.05, 4.69) is 50.4 Å². The number of anilines is 1. The van der Waals surface area contributed by atoms with E-state index < -0.39 is 6.04 Å². The normalized spacial score (nSPS) is 14.7. The lowest BCUT2D eigenvalue weighted by molar-refractivity contribution is -0.113. The van der Waals surface area contributed by atoms with Crippen LogP contribution in [-0.2, 0) is 4.79 Å². The fourth-order valence-electron chi connectivity index (χ4n) is 4.68. The number of fused-ring (bicyclic) bond motifs is 1. The molecule has 5 rings (SSSR count). The number of carbonyl (C=O) groups excluding carboxylic acids is 1. The second-order valence-electron chi connectivity index (χ2n) is 9.31. The predicted octanol–water partition coefficient (Wildman–Crippen LogP) is 6.20. The highest BCUT2D eigenvalue weighted by Gasteiger charge is 2.32. The number of nitrogens with one attached hydrogen (secondary N) is 1. The number of benzene rings is 3. The van der Waals surface area contributed by atoms with E-state index in [4.69, 9.17) is 14.5 Å². The van der Waals surface area contributed by atoms with Crippen molar-refractivity contribution in [2.75, 3.05) is 18.5 Å². The van der Waals surface area contributed by atoms with Crippen LogP contribution >= 0.6 is 49.9 Å². The van der Waals surface area contributed by atoms with Gasteiger partial charge in [0.25, 0.3) is 11.5 Å². The molecule has 1 amide bonds. The van der Waals surface area contributed by atoms with E-state index in [9.17, 15) is 9.59 Å². The Morgan fingerprint density at radius 2 is 1.90 bits per heavy atom. The van der Waals surface area contributed by atoms with Crippen LogP contribution in [0.2, 0.25) is 0 Å². The Hall–Kier alpha value is -3.48. The summed E-state index contributed by atoms with van der Waals surface area (Å²) in [7, 11) is 0. The van der Waals surface area contributed by atoms with E-state index in [1.165, 1.54) is 11.3 Å². The van der Waals surface area contributed by atoms with Crippen LogP contribution in [0, 0.1) is 3.57 Å². The first-order valence-corrected chi connectivity index (χ1v) is 15.8. The second-order valence-corrected chi connectivity index (χ2v) is 12.4. The molecule has 10 heteroatoms. The first kappa shape index (κ1) is 30.0. The molecule has 7 nitrogen and oxygen atoms in total. The minimum absolute atomic E-state index is 0.250. The molecule has 1 aliphatic rings. The van der Waals surface area contributed by atoms with Crippen molar-refractivity contribution in [3.05, 3.63) is 130 Å². The largest absolute Gasteiger partial charge is 0.494 e. The number of ether oxygens (including phenoxy) is 2. The molecule has 0 saturated heterocycles. The fourth-order valence-corrected chi connectivity index (χ4v) is 7.43. The zero-order chi connectivity index (χ0) is 29.8. The summed E-state index contributed by atoms with van der Waals surface area (Å²) in [5.41, 5.74) is 2.86. The lowest BCUT2D eigenvalue weighted by Gasteiger charge is -2.25. The number of carbonyl (C=O) groups is 1. The van der Waals surface area contributed by atoms with Crippen LogP contribution in [0.1, 0.15) is 31.0 Å². The number of rotatable bonds is 9. The number of aromatic nitrogens is 1. The summed E-state index contributed by atoms with van der Waals surface area (Å²) >= 11 is 7.05. The van der Waals surface area contributed by atoms with Crippen LogP contribution in [0.5, 0.6) is 11.5 Å². The van der Waals surface area contributed by atoms with E-state index >= 15 is 0 Å². The maximum Gasteiger partial charge on any atom is 0.271 e. The molecule has 0 aliphatic carbocycles. The third-order valence-corrected chi connectivity index (χ3v) is 8.72. The molecule has 42 heavy (non-hydrogen) atoms. The Bertz CT molecular complexity index is 1860. The Morgan fingerprint density at radius 1 is 1.17 bits per heavy atom. The summed E-state index contributed by atoms with van der Waals surface area (Å²) in [6.07, 6.45) is 3.49. The summed E-state index contributed by atoms with van der Waals surface area (Å²) in [5.74, 6) is 1.05. The quantitative estimate of drug-likeness (QED) is 0.163. The Balaban J connectivity index is 1.68. The summed E-state index contributed by atoms with van der Waals surface area (Å²) < 4.78 is 15.4. The summed E-state index contributed by atoms with van der Waals surface area (Å²) in [6.45, 7) is 8.33. The third-order valence-electron chi connectivity index (χ3n) is 6.47. The molecule has 1 aliphatic heterocycles. The molecule has 0 radical (unpaired) electrons. The molecular weight excluding hydrogens is 729 g/mol. The zero-order valence-electron chi connectivity index (χ0n) is 22.9. The van der Waals surface area contributed by atoms with Gasteiger partial charge in [-0.05, 0) is 84.5 Å². The van der Waals surface area contributed by atoms with E-state index in [1.807, 2.05) is 79.7 Å². The van der Waals surface area contributed by atoms with Crippen LogP contribution in [-0.4, -0.2) is 23.7 Å². The molecule has 3 aromatic carbocycles. The monoisotopic (exact) mass is 755 g/mol. The Kier molecular flexibility index (Phi) is 9.44. The number of allylic oxidation sites excluding steroid dienone is 1. The number of para-hydroxylation sites is 1. The van der Waals surface area contributed by atoms with Gasteiger partial charge in [0.1, 0.15) is 18.1 Å². The molecule has 0 saturated carbocycles. The van der Waals surface area contributed by atoms with Crippen molar-refractivity contribution in [3.8, 4) is 11.5 Å². The van der Waals surface area contributed by atoms with Crippen LogP contribution < -0.4 is 29.7 Å². The van der Waals surface area contributed by atoms with Crippen molar-refractivity contribution in [2.45, 2.75) is 19.9 Å². The van der Waals surface area contributed by atoms with Gasteiger partial charge in [-0.3, -0.25) is 14.2 Å². The smallest absolute Gasteiger partial charge is 0.271 e. The molecule has 0 unspecified atom stereocenters. The minimum Gasteiger partial charge on any atom is -0.494 e. The van der Waals surface area contributed by atoms with Crippen LogP contribution in [0.3, 0.4) is 0 Å². The van der Waals surface area contributed by atoms with E-state index in [-0.39, 0.29) is 11.5 Å². The SMILES string of the molecule is C=CCOc1c(I)cc(Br)cc1/C=c1\sc2n(c1=O)[C@@H](c1ccc(OCC)cc1)C(C(=O)Nc1ccccc1)=C(C)N=2. The maximum atomic E-state index is 14.1. The molecule has 214 valence electrons. The number of halogens is 2. The lowest BCUT2D eigenvalue weighted by atomic mass is 9.95. The number of thiazole rings is 1. The van der Waals surface area contributed by atoms with Gasteiger partial charge >= 0.3 is 0 Å². The van der Waals surface area contributed by atoms with Gasteiger partial charge in [0.15, 0.2) is 4.80 Å². The molecule has 2 heterocycles. The molecule has 1 N–H and O–H groups in total. The summed E-state index contributed by atoms with van der Waals surface area (Å²) in [4.78, 5) is 33.2. The molecule has 0 fully saturated rings. The third kappa shape index (κ3) is 6.30. The zero-order valence-corrected chi connectivity index (χ0v) is 27.5. The number of nitrogens with zero attached hydrogens (tertiary/aromatic N) is 2. The fraction of sp³-hybridized carbons (Fsp3) is 0.156. The maximum absolute atomic E-state index is 14.1. The van der Waals surface area contributed by atoms with Crippen molar-refractivity contribution in [3.63, 3.8) is 0 Å². The van der Waals surface area contributed by atoms with Gasteiger partial charge in [-0.15, -0.1) is 0 Å². The van der Waals surface area contributed by atoms with E-state index in [0.717, 1.165) is 19.2 Å².